The summed E-state index contributed by atoms with van der Waals surface area (Å²) in [4.78, 5) is 0. The molecule has 0 spiro atoms. The lowest BCUT2D eigenvalue weighted by Crippen LogP contribution is -2.59. The van der Waals surface area contributed by atoms with Crippen molar-refractivity contribution < 1.29 is 10.2 Å². The Balaban J connectivity index is 2.41. The van der Waals surface area contributed by atoms with Gasteiger partial charge in [-0.3, -0.25) is 10.9 Å². The van der Waals surface area contributed by atoms with Crippen molar-refractivity contribution in [3.05, 3.63) is 0 Å². The molecule has 1 aliphatic heterocycles. The van der Waals surface area contributed by atoms with Gasteiger partial charge in [0.1, 0.15) is 0 Å². The van der Waals surface area contributed by atoms with E-state index in [1.807, 2.05) is 0 Å². The Kier molecular flexibility index (Phi) is 2.02. The molecule has 0 aromatic rings. The number of nitrogens with one attached hydrogen (secondary N) is 2. The number of hydrogen-bond acceptors (Lipinski definition) is 4. The summed E-state index contributed by atoms with van der Waals surface area (Å²) in [6.07, 6.45) is -1.28. The van der Waals surface area contributed by atoms with Crippen molar-refractivity contribution in [2.24, 2.45) is 0 Å². The van der Waals surface area contributed by atoms with Crippen LogP contribution in [0.15, 0.2) is 0 Å². The first kappa shape index (κ1) is 6.95. The standard InChI is InChI=1S/C5H12N2O2/c1-3-5(9)4(8)2-6-7-3/h3-9H,2H2,1H3/t3?,4-,5-/m1/s1. The number of aliphatic hydroxyl groups excluding tert-OH is 2. The molecule has 1 saturated heterocycles. The lowest BCUT2D eigenvalue weighted by molar-refractivity contribution is -0.0263. The van der Waals surface area contributed by atoms with Crippen LogP contribution in [0, 0.1) is 0 Å². The van der Waals surface area contributed by atoms with Crippen LogP contribution in [-0.4, -0.2) is 35.0 Å². The minimum absolute atomic E-state index is 0.0752. The van der Waals surface area contributed by atoms with Crippen LogP contribution in [0.3, 0.4) is 0 Å². The van der Waals surface area contributed by atoms with Crippen LogP contribution in [0.4, 0.5) is 0 Å². The second-order valence-electron chi connectivity index (χ2n) is 2.37. The SMILES string of the molecule is CC1NNC[C@@H](O)[C@@H]1O. The molecule has 0 saturated carbocycles. The number of β-amino-alcohol motifs (C(OH)–C–C–N with tert-alkyl or cyclic N) is 1. The van der Waals surface area contributed by atoms with Crippen LogP contribution < -0.4 is 10.9 Å². The maximum Gasteiger partial charge on any atom is 0.0975 e. The molecule has 54 valence electrons. The van der Waals surface area contributed by atoms with Crippen LogP contribution in [0.5, 0.6) is 0 Å². The van der Waals surface area contributed by atoms with Crippen LogP contribution in [0.1, 0.15) is 6.92 Å². The first-order valence-corrected chi connectivity index (χ1v) is 3.06. The Bertz CT molecular complexity index is 89.0. The first-order chi connectivity index (χ1) is 4.22. The van der Waals surface area contributed by atoms with Crippen molar-refractivity contribution in [1.29, 1.82) is 0 Å². The van der Waals surface area contributed by atoms with E-state index < -0.39 is 12.2 Å². The maximum atomic E-state index is 9.09. The van der Waals surface area contributed by atoms with Crippen molar-refractivity contribution in [2.75, 3.05) is 6.54 Å². The molecule has 9 heavy (non-hydrogen) atoms. The Morgan fingerprint density at radius 1 is 1.44 bits per heavy atom. The molecule has 1 fully saturated rings. The van der Waals surface area contributed by atoms with E-state index in [9.17, 15) is 0 Å². The highest BCUT2D eigenvalue weighted by molar-refractivity contribution is 4.81. The number of rotatable bonds is 0. The predicted octanol–water partition coefficient (Wildman–Crippen LogP) is -1.80. The lowest BCUT2D eigenvalue weighted by atomic mass is 10.1. The van der Waals surface area contributed by atoms with Gasteiger partial charge in [-0.25, -0.2) is 0 Å². The van der Waals surface area contributed by atoms with Crippen LogP contribution in [0.25, 0.3) is 0 Å². The highest BCUT2D eigenvalue weighted by Crippen LogP contribution is 2.01. The van der Waals surface area contributed by atoms with E-state index in [-0.39, 0.29) is 6.04 Å². The first-order valence-electron chi connectivity index (χ1n) is 3.06. The van der Waals surface area contributed by atoms with Gasteiger partial charge in [0.15, 0.2) is 0 Å². The van der Waals surface area contributed by atoms with Crippen molar-refractivity contribution >= 4 is 0 Å². The normalized spacial score (nSPS) is 45.0. The fourth-order valence-electron chi connectivity index (χ4n) is 0.864. The average Bonchev–Trinajstić information content (AvgIpc) is 1.83. The molecule has 1 rings (SSSR count). The molecule has 0 aromatic heterocycles. The molecule has 4 N–H and O–H groups in total. The summed E-state index contributed by atoms with van der Waals surface area (Å²) >= 11 is 0. The van der Waals surface area contributed by atoms with E-state index in [4.69, 9.17) is 10.2 Å². The molecule has 0 radical (unpaired) electrons. The van der Waals surface area contributed by atoms with E-state index >= 15 is 0 Å². The van der Waals surface area contributed by atoms with Gasteiger partial charge in [-0.05, 0) is 6.92 Å². The van der Waals surface area contributed by atoms with Gasteiger partial charge in [-0.1, -0.05) is 0 Å². The quantitative estimate of drug-likeness (QED) is 0.314. The highest BCUT2D eigenvalue weighted by atomic mass is 16.3. The second kappa shape index (κ2) is 2.62. The lowest BCUT2D eigenvalue weighted by Gasteiger charge is -2.30. The molecule has 1 unspecified atom stereocenters. The van der Waals surface area contributed by atoms with Gasteiger partial charge >= 0.3 is 0 Å². The van der Waals surface area contributed by atoms with E-state index in [2.05, 4.69) is 10.9 Å². The smallest absolute Gasteiger partial charge is 0.0975 e. The minimum atomic E-state index is -0.647. The summed E-state index contributed by atoms with van der Waals surface area (Å²) < 4.78 is 0. The molecule has 0 amide bonds. The summed E-state index contributed by atoms with van der Waals surface area (Å²) in [5.74, 6) is 0. The van der Waals surface area contributed by atoms with Crippen LogP contribution in [0.2, 0.25) is 0 Å². The molecule has 4 heteroatoms. The summed E-state index contributed by atoms with van der Waals surface area (Å²) in [6.45, 7) is 2.21. The van der Waals surface area contributed by atoms with E-state index in [0.717, 1.165) is 0 Å². The number of aliphatic hydroxyl groups is 2. The summed E-state index contributed by atoms with van der Waals surface area (Å²) in [5.41, 5.74) is 5.56. The molecule has 1 aliphatic rings. The topological polar surface area (TPSA) is 64.5 Å². The van der Waals surface area contributed by atoms with E-state index in [0.29, 0.717) is 6.54 Å². The van der Waals surface area contributed by atoms with Gasteiger partial charge in [0, 0.05) is 12.6 Å². The van der Waals surface area contributed by atoms with Crippen LogP contribution >= 0.6 is 0 Å². The zero-order valence-electron chi connectivity index (χ0n) is 5.33. The highest BCUT2D eigenvalue weighted by Gasteiger charge is 2.26. The molecular formula is C5H12N2O2. The van der Waals surface area contributed by atoms with Crippen molar-refractivity contribution in [3.8, 4) is 0 Å². The molecule has 1 heterocycles. The molecular weight excluding hydrogens is 120 g/mol. The van der Waals surface area contributed by atoms with E-state index in [1.165, 1.54) is 0 Å². The van der Waals surface area contributed by atoms with Crippen molar-refractivity contribution in [3.63, 3.8) is 0 Å². The van der Waals surface area contributed by atoms with Gasteiger partial charge in [-0.15, -0.1) is 0 Å². The average molecular weight is 132 g/mol. The fraction of sp³-hybridized carbons (Fsp3) is 1.00. The Hall–Kier alpha value is -0.160. The summed E-state index contributed by atoms with van der Waals surface area (Å²) in [7, 11) is 0. The van der Waals surface area contributed by atoms with Gasteiger partial charge in [0.2, 0.25) is 0 Å². The van der Waals surface area contributed by atoms with Crippen molar-refractivity contribution in [1.82, 2.24) is 10.9 Å². The van der Waals surface area contributed by atoms with Crippen molar-refractivity contribution in [2.45, 2.75) is 25.2 Å². The molecule has 3 atom stereocenters. The molecule has 0 aromatic carbocycles. The number of hydrazine groups is 1. The third kappa shape index (κ3) is 1.40. The Morgan fingerprint density at radius 3 is 2.56 bits per heavy atom. The third-order valence-corrected chi connectivity index (χ3v) is 1.55. The van der Waals surface area contributed by atoms with Gasteiger partial charge < -0.3 is 10.2 Å². The predicted molar refractivity (Wildman–Crippen MR) is 32.6 cm³/mol. The zero-order valence-corrected chi connectivity index (χ0v) is 5.33. The monoisotopic (exact) mass is 132 g/mol. The maximum absolute atomic E-state index is 9.09. The molecule has 0 bridgehead atoms. The summed E-state index contributed by atoms with van der Waals surface area (Å²) in [5, 5.41) is 18.1. The fourth-order valence-corrected chi connectivity index (χ4v) is 0.864. The second-order valence-corrected chi connectivity index (χ2v) is 2.37. The van der Waals surface area contributed by atoms with Gasteiger partial charge in [0.05, 0.1) is 12.2 Å². The summed E-state index contributed by atoms with van der Waals surface area (Å²) in [6, 6.07) is -0.0752. The third-order valence-electron chi connectivity index (χ3n) is 1.55. The van der Waals surface area contributed by atoms with E-state index in [1.54, 1.807) is 6.92 Å². The Morgan fingerprint density at radius 2 is 2.11 bits per heavy atom. The van der Waals surface area contributed by atoms with Gasteiger partial charge in [-0.2, -0.15) is 0 Å². The molecule has 4 nitrogen and oxygen atoms in total. The molecule has 0 aliphatic carbocycles. The number of hydrogen-bond donors (Lipinski definition) is 4. The minimum Gasteiger partial charge on any atom is -0.389 e. The van der Waals surface area contributed by atoms with Crippen LogP contribution in [-0.2, 0) is 0 Å². The Labute approximate surface area is 53.9 Å². The largest absolute Gasteiger partial charge is 0.389 e. The van der Waals surface area contributed by atoms with Gasteiger partial charge in [0.25, 0.3) is 0 Å². The zero-order chi connectivity index (χ0) is 6.85.